The molecule has 2 amide bonds. The highest BCUT2D eigenvalue weighted by molar-refractivity contribution is 8.00. The second-order valence-electron chi connectivity index (χ2n) is 10.0. The summed E-state index contributed by atoms with van der Waals surface area (Å²) in [5, 5.41) is 6.76. The Morgan fingerprint density at radius 3 is 2.67 bits per heavy atom. The molecule has 17 heteroatoms. The minimum Gasteiger partial charge on any atom is -0.489 e. The summed E-state index contributed by atoms with van der Waals surface area (Å²) < 4.78 is 42.1. The average Bonchev–Trinajstić information content (AvgIpc) is 3.39. The van der Waals surface area contributed by atoms with Crippen LogP contribution >= 0.6 is 23.1 Å². The summed E-state index contributed by atoms with van der Waals surface area (Å²) in [5.41, 5.74) is 4.57. The number of amides is 2. The number of rotatable bonds is 11. The zero-order valence-electron chi connectivity index (χ0n) is 23.1. The fourth-order valence-electron chi connectivity index (χ4n) is 3.83. The number of hydrogen-bond acceptors (Lipinski definition) is 13. The number of oxime groups is 1. The molecular formula is C26H27F2N5O8S2. The molecule has 1 aromatic heterocycles. The zero-order chi connectivity index (χ0) is 31.3. The molecule has 0 saturated carbocycles. The summed E-state index contributed by atoms with van der Waals surface area (Å²) in [7, 11) is 0. The van der Waals surface area contributed by atoms with Crippen LogP contribution in [0.2, 0.25) is 0 Å². The van der Waals surface area contributed by atoms with Crippen molar-refractivity contribution in [3.63, 3.8) is 0 Å². The molecule has 1 fully saturated rings. The van der Waals surface area contributed by atoms with E-state index in [-0.39, 0.29) is 34.6 Å². The Kier molecular flexibility index (Phi) is 9.85. The summed E-state index contributed by atoms with van der Waals surface area (Å²) in [6.45, 7) is 2.66. The van der Waals surface area contributed by atoms with E-state index >= 15 is 0 Å². The average molecular weight is 640 g/mol. The number of anilines is 1. The standard InChI is InChI=1S/C26H27F2N5O8S2/c1-26(2,3)24(37)40-12-39-23(36)19-13(8-38-15-6-4-5-14(28)7-15)9-42-22-18(21(35)33(19)22)31-20(34)17(32-41-11-27)16-10-43-25(29)30-16/h4-7,10,18,22H,8-9,11-12H2,1-3H3,(H2,29,30)(H,31,34)/b32-17+/t18?,22-/m1/s1. The number of nitrogens with two attached hydrogens (primary N) is 1. The van der Waals surface area contributed by atoms with Crippen LogP contribution in [0, 0.1) is 11.2 Å². The Morgan fingerprint density at radius 1 is 1.26 bits per heavy atom. The van der Waals surface area contributed by atoms with Gasteiger partial charge in [0.2, 0.25) is 6.79 Å². The number of aromatic nitrogens is 1. The molecule has 1 aromatic carbocycles. The van der Waals surface area contributed by atoms with E-state index in [1.807, 2.05) is 0 Å². The summed E-state index contributed by atoms with van der Waals surface area (Å²) in [4.78, 5) is 61.1. The van der Waals surface area contributed by atoms with E-state index < -0.39 is 65.8 Å². The van der Waals surface area contributed by atoms with Crippen LogP contribution in [0.3, 0.4) is 0 Å². The van der Waals surface area contributed by atoms with Crippen LogP contribution in [0.15, 0.2) is 46.1 Å². The van der Waals surface area contributed by atoms with Crippen LogP contribution in [0.4, 0.5) is 13.9 Å². The van der Waals surface area contributed by atoms with Crippen molar-refractivity contribution in [2.24, 2.45) is 10.6 Å². The van der Waals surface area contributed by atoms with Crippen molar-refractivity contribution < 1.29 is 47.0 Å². The topological polar surface area (TPSA) is 172 Å². The van der Waals surface area contributed by atoms with Gasteiger partial charge in [0.05, 0.1) is 5.41 Å². The lowest BCUT2D eigenvalue weighted by Gasteiger charge is -2.49. The molecule has 1 unspecified atom stereocenters. The van der Waals surface area contributed by atoms with Gasteiger partial charge >= 0.3 is 11.9 Å². The molecule has 2 aliphatic rings. The van der Waals surface area contributed by atoms with Crippen molar-refractivity contribution in [1.82, 2.24) is 15.2 Å². The van der Waals surface area contributed by atoms with Crippen molar-refractivity contribution in [3.05, 3.63) is 52.4 Å². The molecule has 2 atom stereocenters. The molecule has 2 aliphatic heterocycles. The third-order valence-electron chi connectivity index (χ3n) is 5.91. The fourth-order valence-corrected chi connectivity index (χ4v) is 5.71. The molecule has 0 radical (unpaired) electrons. The van der Waals surface area contributed by atoms with E-state index in [0.717, 1.165) is 22.3 Å². The molecule has 3 heterocycles. The van der Waals surface area contributed by atoms with Gasteiger partial charge in [0.1, 0.15) is 41.0 Å². The number of nitrogen functional groups attached to an aromatic ring is 1. The maximum atomic E-state index is 13.6. The normalized spacial score (nSPS) is 18.4. The molecule has 0 aliphatic carbocycles. The first kappa shape index (κ1) is 31.7. The molecule has 0 spiro atoms. The molecule has 0 bridgehead atoms. The lowest BCUT2D eigenvalue weighted by Crippen LogP contribution is -2.71. The molecule has 2 aromatic rings. The smallest absolute Gasteiger partial charge is 0.358 e. The number of halogens is 2. The van der Waals surface area contributed by atoms with Crippen LogP contribution in [0.25, 0.3) is 0 Å². The van der Waals surface area contributed by atoms with Gasteiger partial charge in [-0.25, -0.2) is 18.6 Å². The van der Waals surface area contributed by atoms with Gasteiger partial charge in [-0.1, -0.05) is 11.2 Å². The number of β-lactam (4-membered cyclic amide) rings is 1. The molecule has 4 rings (SSSR count). The van der Waals surface area contributed by atoms with Crippen LogP contribution in [-0.4, -0.2) is 76.8 Å². The predicted molar refractivity (Wildman–Crippen MR) is 151 cm³/mol. The first-order chi connectivity index (χ1) is 20.4. The van der Waals surface area contributed by atoms with E-state index in [0.29, 0.717) is 5.57 Å². The number of nitrogens with one attached hydrogen (secondary N) is 1. The monoisotopic (exact) mass is 639 g/mol. The first-order valence-electron chi connectivity index (χ1n) is 12.6. The van der Waals surface area contributed by atoms with E-state index in [1.54, 1.807) is 20.8 Å². The van der Waals surface area contributed by atoms with Gasteiger partial charge in [0.25, 0.3) is 18.7 Å². The van der Waals surface area contributed by atoms with Crippen molar-refractivity contribution in [2.75, 3.05) is 31.7 Å². The van der Waals surface area contributed by atoms with Crippen LogP contribution in [0.5, 0.6) is 5.75 Å². The predicted octanol–water partition coefficient (Wildman–Crippen LogP) is 2.34. The van der Waals surface area contributed by atoms with Gasteiger partial charge < -0.3 is 30.1 Å². The maximum absolute atomic E-state index is 13.6. The Morgan fingerprint density at radius 2 is 2.02 bits per heavy atom. The summed E-state index contributed by atoms with van der Waals surface area (Å²) in [6.07, 6.45) is 0. The lowest BCUT2D eigenvalue weighted by molar-refractivity contribution is -0.173. The van der Waals surface area contributed by atoms with E-state index in [9.17, 15) is 28.0 Å². The number of nitrogens with zero attached hydrogens (tertiary/aromatic N) is 3. The molecule has 13 nitrogen and oxygen atoms in total. The van der Waals surface area contributed by atoms with E-state index in [4.69, 9.17) is 19.9 Å². The molecule has 230 valence electrons. The van der Waals surface area contributed by atoms with Crippen molar-refractivity contribution in [1.29, 1.82) is 0 Å². The number of fused-ring (bicyclic) bond motifs is 1. The number of carbonyl (C=O) groups is 4. The summed E-state index contributed by atoms with van der Waals surface area (Å²) in [5.74, 6) is -3.31. The second-order valence-corrected chi connectivity index (χ2v) is 12.0. The Bertz CT molecular complexity index is 1480. The second kappa shape index (κ2) is 13.4. The van der Waals surface area contributed by atoms with Gasteiger partial charge in [0, 0.05) is 22.8 Å². The number of ether oxygens (including phenoxy) is 3. The first-order valence-corrected chi connectivity index (χ1v) is 14.5. The molecule has 1 saturated heterocycles. The number of carbonyl (C=O) groups excluding carboxylic acids is 4. The van der Waals surface area contributed by atoms with Gasteiger partial charge in [-0.2, -0.15) is 0 Å². The quantitative estimate of drug-likeness (QED) is 0.122. The van der Waals surface area contributed by atoms with Gasteiger partial charge in [0.15, 0.2) is 10.8 Å². The Hall–Kier alpha value is -4.25. The number of alkyl halides is 1. The Labute approximate surface area is 252 Å². The van der Waals surface area contributed by atoms with Crippen LogP contribution < -0.4 is 15.8 Å². The maximum Gasteiger partial charge on any atom is 0.358 e. The summed E-state index contributed by atoms with van der Waals surface area (Å²) in [6, 6.07) is 4.26. The van der Waals surface area contributed by atoms with Crippen molar-refractivity contribution >= 4 is 57.7 Å². The minimum atomic E-state index is -1.31. The number of benzene rings is 1. The third kappa shape index (κ3) is 7.40. The largest absolute Gasteiger partial charge is 0.489 e. The minimum absolute atomic E-state index is 0.0131. The molecule has 43 heavy (non-hydrogen) atoms. The van der Waals surface area contributed by atoms with Gasteiger partial charge in [-0.05, 0) is 32.9 Å². The Balaban J connectivity index is 1.53. The fraction of sp³-hybridized carbons (Fsp3) is 0.385. The number of esters is 2. The van der Waals surface area contributed by atoms with Crippen LogP contribution in [-0.2, 0) is 33.5 Å². The van der Waals surface area contributed by atoms with Crippen LogP contribution in [0.1, 0.15) is 26.5 Å². The van der Waals surface area contributed by atoms with E-state index in [1.165, 1.54) is 35.3 Å². The van der Waals surface area contributed by atoms with Crippen molar-refractivity contribution in [3.8, 4) is 5.75 Å². The number of thiazole rings is 1. The summed E-state index contributed by atoms with van der Waals surface area (Å²) >= 11 is 2.23. The lowest BCUT2D eigenvalue weighted by atomic mass is 9.98. The van der Waals surface area contributed by atoms with Gasteiger partial charge in [-0.3, -0.25) is 19.3 Å². The highest BCUT2D eigenvalue weighted by Gasteiger charge is 2.55. The molecule has 3 N–H and O–H groups in total. The van der Waals surface area contributed by atoms with Crippen molar-refractivity contribution in [2.45, 2.75) is 32.2 Å². The SMILES string of the molecule is CC(C)(C)C(=O)OCOC(=O)C1=C(COc2cccc(F)c2)CS[C@@H]2C(NC(=O)/C(=N/OCF)c3csc(N)n3)C(=O)N12. The van der Waals surface area contributed by atoms with Gasteiger partial charge in [-0.15, -0.1) is 23.1 Å². The number of hydrogen-bond donors (Lipinski definition) is 2. The zero-order valence-corrected chi connectivity index (χ0v) is 24.8. The number of thioether (sulfide) groups is 1. The highest BCUT2D eigenvalue weighted by Crippen LogP contribution is 2.41. The highest BCUT2D eigenvalue weighted by atomic mass is 32.2. The van der Waals surface area contributed by atoms with E-state index in [2.05, 4.69) is 20.3 Å². The molecular weight excluding hydrogens is 612 g/mol. The third-order valence-corrected chi connectivity index (χ3v) is 7.93.